The van der Waals surface area contributed by atoms with Crippen molar-refractivity contribution in [1.82, 2.24) is 9.80 Å². The Labute approximate surface area is 157 Å². The zero-order chi connectivity index (χ0) is 18.8. The van der Waals surface area contributed by atoms with Crippen LogP contribution in [0.25, 0.3) is 0 Å². The highest BCUT2D eigenvalue weighted by Crippen LogP contribution is 2.24. The standard InChI is InChI=1S/C21H33N3O2/c1-15-7-6-8-20(18(15)4)23-11-9-22(10-12-23)19(5)21(25)24-13-16(2)26-17(3)14-24/h6-8,16-17,19H,9-14H2,1-5H3/t16-,17-,19+/m0/s1. The summed E-state index contributed by atoms with van der Waals surface area (Å²) in [6.45, 7) is 15.7. The zero-order valence-corrected chi connectivity index (χ0v) is 16.9. The van der Waals surface area contributed by atoms with E-state index in [0.29, 0.717) is 13.1 Å². The van der Waals surface area contributed by atoms with Gasteiger partial charge in [-0.15, -0.1) is 0 Å². The van der Waals surface area contributed by atoms with Gasteiger partial charge in [0.25, 0.3) is 0 Å². The number of hydrogen-bond donors (Lipinski definition) is 0. The molecule has 3 rings (SSSR count). The van der Waals surface area contributed by atoms with Crippen molar-refractivity contribution >= 4 is 11.6 Å². The van der Waals surface area contributed by atoms with Gasteiger partial charge in [-0.1, -0.05) is 12.1 Å². The number of carbonyl (C=O) groups is 1. The van der Waals surface area contributed by atoms with Crippen LogP contribution in [0.4, 0.5) is 5.69 Å². The Bertz CT molecular complexity index is 630. The van der Waals surface area contributed by atoms with Crippen LogP contribution in [0.15, 0.2) is 18.2 Å². The predicted molar refractivity (Wildman–Crippen MR) is 106 cm³/mol. The number of benzene rings is 1. The molecule has 0 aromatic heterocycles. The third kappa shape index (κ3) is 4.04. The van der Waals surface area contributed by atoms with E-state index in [1.54, 1.807) is 0 Å². The van der Waals surface area contributed by atoms with Gasteiger partial charge in [-0.2, -0.15) is 0 Å². The van der Waals surface area contributed by atoms with Gasteiger partial charge in [0, 0.05) is 45.0 Å². The number of aryl methyl sites for hydroxylation is 1. The maximum Gasteiger partial charge on any atom is 0.239 e. The molecule has 0 unspecified atom stereocenters. The molecule has 0 saturated carbocycles. The molecule has 0 N–H and O–H groups in total. The average Bonchev–Trinajstić information content (AvgIpc) is 2.62. The fourth-order valence-electron chi connectivity index (χ4n) is 4.21. The second kappa shape index (κ2) is 7.97. The zero-order valence-electron chi connectivity index (χ0n) is 16.9. The van der Waals surface area contributed by atoms with Crippen molar-refractivity contribution in [3.63, 3.8) is 0 Å². The Hall–Kier alpha value is -1.59. The van der Waals surface area contributed by atoms with Crippen molar-refractivity contribution in [2.45, 2.75) is 52.9 Å². The lowest BCUT2D eigenvalue weighted by Gasteiger charge is -2.42. The molecule has 0 aliphatic carbocycles. The second-order valence-electron chi connectivity index (χ2n) is 7.92. The van der Waals surface area contributed by atoms with Crippen molar-refractivity contribution in [2.24, 2.45) is 0 Å². The summed E-state index contributed by atoms with van der Waals surface area (Å²) in [6.07, 6.45) is 0.243. The monoisotopic (exact) mass is 359 g/mol. The molecule has 2 heterocycles. The normalized spacial score (nSPS) is 26.0. The first kappa shape index (κ1) is 19.2. The van der Waals surface area contributed by atoms with Gasteiger partial charge >= 0.3 is 0 Å². The van der Waals surface area contributed by atoms with E-state index in [4.69, 9.17) is 4.74 Å². The quantitative estimate of drug-likeness (QED) is 0.831. The second-order valence-corrected chi connectivity index (χ2v) is 7.92. The summed E-state index contributed by atoms with van der Waals surface area (Å²) < 4.78 is 5.76. The first-order valence-corrected chi connectivity index (χ1v) is 9.86. The number of amides is 1. The van der Waals surface area contributed by atoms with E-state index in [2.05, 4.69) is 48.8 Å². The molecule has 5 heteroatoms. The Morgan fingerprint density at radius 2 is 1.69 bits per heavy atom. The number of piperazine rings is 1. The summed E-state index contributed by atoms with van der Waals surface area (Å²) in [7, 11) is 0. The van der Waals surface area contributed by atoms with E-state index in [1.807, 2.05) is 18.7 Å². The summed E-state index contributed by atoms with van der Waals surface area (Å²) in [5, 5.41) is 0. The highest BCUT2D eigenvalue weighted by molar-refractivity contribution is 5.81. The smallest absolute Gasteiger partial charge is 0.239 e. The Kier molecular flexibility index (Phi) is 5.88. The van der Waals surface area contributed by atoms with Crippen LogP contribution in [0.5, 0.6) is 0 Å². The van der Waals surface area contributed by atoms with E-state index < -0.39 is 0 Å². The summed E-state index contributed by atoms with van der Waals surface area (Å²) in [4.78, 5) is 19.7. The largest absolute Gasteiger partial charge is 0.372 e. The lowest BCUT2D eigenvalue weighted by molar-refractivity contribution is -0.148. The molecule has 1 aromatic carbocycles. The number of hydrogen-bond acceptors (Lipinski definition) is 4. The Morgan fingerprint density at radius 3 is 2.31 bits per heavy atom. The van der Waals surface area contributed by atoms with Crippen LogP contribution in [0.1, 0.15) is 31.9 Å². The van der Waals surface area contributed by atoms with Crippen molar-refractivity contribution in [1.29, 1.82) is 0 Å². The minimum Gasteiger partial charge on any atom is -0.372 e. The molecule has 3 atom stereocenters. The molecule has 1 amide bonds. The minimum atomic E-state index is -0.0618. The van der Waals surface area contributed by atoms with Crippen LogP contribution in [0.3, 0.4) is 0 Å². The van der Waals surface area contributed by atoms with E-state index in [0.717, 1.165) is 26.2 Å². The fraction of sp³-hybridized carbons (Fsp3) is 0.667. The third-order valence-electron chi connectivity index (χ3n) is 5.87. The summed E-state index contributed by atoms with van der Waals surface area (Å²) in [5.74, 6) is 0.243. The molecule has 2 aliphatic heterocycles. The van der Waals surface area contributed by atoms with Crippen LogP contribution < -0.4 is 4.90 Å². The van der Waals surface area contributed by atoms with Crippen LogP contribution in [-0.2, 0) is 9.53 Å². The first-order chi connectivity index (χ1) is 12.4. The summed E-state index contributed by atoms with van der Waals surface area (Å²) in [6, 6.07) is 6.45. The molecule has 5 nitrogen and oxygen atoms in total. The summed E-state index contributed by atoms with van der Waals surface area (Å²) >= 11 is 0. The van der Waals surface area contributed by atoms with Gasteiger partial charge in [-0.05, 0) is 51.8 Å². The van der Waals surface area contributed by atoms with Gasteiger partial charge in [-0.3, -0.25) is 9.69 Å². The maximum atomic E-state index is 13.0. The van der Waals surface area contributed by atoms with E-state index in [9.17, 15) is 4.79 Å². The van der Waals surface area contributed by atoms with Crippen LogP contribution in [-0.4, -0.2) is 73.2 Å². The SMILES string of the molecule is Cc1cccc(N2CCN([C@H](C)C(=O)N3C[C@H](C)O[C@@H](C)C3)CC2)c1C. The highest BCUT2D eigenvalue weighted by atomic mass is 16.5. The molecule has 144 valence electrons. The molecule has 26 heavy (non-hydrogen) atoms. The number of anilines is 1. The molecule has 0 bridgehead atoms. The molecule has 0 radical (unpaired) electrons. The van der Waals surface area contributed by atoms with Crippen molar-refractivity contribution in [3.05, 3.63) is 29.3 Å². The Balaban J connectivity index is 1.59. The van der Waals surface area contributed by atoms with Crippen molar-refractivity contribution < 1.29 is 9.53 Å². The van der Waals surface area contributed by atoms with E-state index in [-0.39, 0.29) is 24.2 Å². The number of morpholine rings is 1. The Morgan fingerprint density at radius 1 is 1.08 bits per heavy atom. The molecule has 1 aromatic rings. The molecular formula is C21H33N3O2. The molecule has 0 spiro atoms. The van der Waals surface area contributed by atoms with Crippen LogP contribution in [0, 0.1) is 13.8 Å². The topological polar surface area (TPSA) is 36.0 Å². The highest BCUT2D eigenvalue weighted by Gasteiger charge is 2.32. The van der Waals surface area contributed by atoms with Gasteiger partial charge in [-0.25, -0.2) is 0 Å². The van der Waals surface area contributed by atoms with Crippen LogP contribution in [0.2, 0.25) is 0 Å². The van der Waals surface area contributed by atoms with Gasteiger partial charge in [0.15, 0.2) is 0 Å². The summed E-state index contributed by atoms with van der Waals surface area (Å²) in [5.41, 5.74) is 4.03. The van der Waals surface area contributed by atoms with Gasteiger partial charge in [0.2, 0.25) is 5.91 Å². The van der Waals surface area contributed by atoms with E-state index in [1.165, 1.54) is 16.8 Å². The lowest BCUT2D eigenvalue weighted by Crippen LogP contribution is -2.57. The van der Waals surface area contributed by atoms with Gasteiger partial charge in [0.05, 0.1) is 18.2 Å². The number of nitrogens with zero attached hydrogens (tertiary/aromatic N) is 3. The van der Waals surface area contributed by atoms with Gasteiger partial charge in [0.1, 0.15) is 0 Å². The first-order valence-electron chi connectivity index (χ1n) is 9.86. The van der Waals surface area contributed by atoms with E-state index >= 15 is 0 Å². The predicted octanol–water partition coefficient (Wildman–Crippen LogP) is 2.45. The maximum absolute atomic E-state index is 13.0. The van der Waals surface area contributed by atoms with Gasteiger partial charge < -0.3 is 14.5 Å². The lowest BCUT2D eigenvalue weighted by atomic mass is 10.1. The number of carbonyl (C=O) groups excluding carboxylic acids is 1. The van der Waals surface area contributed by atoms with Crippen molar-refractivity contribution in [2.75, 3.05) is 44.2 Å². The number of rotatable bonds is 3. The molecular weight excluding hydrogens is 326 g/mol. The third-order valence-corrected chi connectivity index (χ3v) is 5.87. The molecule has 2 saturated heterocycles. The van der Waals surface area contributed by atoms with Crippen molar-refractivity contribution in [3.8, 4) is 0 Å². The fourth-order valence-corrected chi connectivity index (χ4v) is 4.21. The molecule has 2 aliphatic rings. The number of ether oxygens (including phenoxy) is 1. The van der Waals surface area contributed by atoms with Crippen LogP contribution >= 0.6 is 0 Å². The minimum absolute atomic E-state index is 0.0618. The molecule has 2 fully saturated rings. The average molecular weight is 360 g/mol.